The lowest BCUT2D eigenvalue weighted by molar-refractivity contribution is 0.417. The second kappa shape index (κ2) is 3.99. The molecule has 1 aromatic rings. The third kappa shape index (κ3) is 2.24. The third-order valence-corrected chi connectivity index (χ3v) is 3.10. The first-order valence-electron chi connectivity index (χ1n) is 5.02. The van der Waals surface area contributed by atoms with Crippen molar-refractivity contribution >= 4 is 11.6 Å². The van der Waals surface area contributed by atoms with E-state index in [0.717, 1.165) is 12.5 Å². The fourth-order valence-corrected chi connectivity index (χ4v) is 2.03. The minimum Gasteiger partial charge on any atom is -0.505 e. The van der Waals surface area contributed by atoms with E-state index in [4.69, 9.17) is 17.3 Å². The molecule has 1 saturated carbocycles. The maximum Gasteiger partial charge on any atom is 0.165 e. The molecule has 0 unspecified atom stereocenters. The standard InChI is InChI=1S/C11H13ClFNO/c12-7-3-4-8(13)11(15)10(7)9(14)5-6-1-2-6/h3-4,6,9,15H,1-2,5,14H2/t9-/m0/s1. The first-order valence-corrected chi connectivity index (χ1v) is 5.40. The number of aromatic hydroxyl groups is 1. The van der Waals surface area contributed by atoms with Crippen LogP contribution in [0.15, 0.2) is 12.1 Å². The quantitative estimate of drug-likeness (QED) is 0.837. The SMILES string of the molecule is N[C@@H](CC1CC1)c1c(Cl)ccc(F)c1O. The van der Waals surface area contributed by atoms with Crippen molar-refractivity contribution in [1.29, 1.82) is 0 Å². The van der Waals surface area contributed by atoms with E-state index < -0.39 is 11.6 Å². The van der Waals surface area contributed by atoms with Gasteiger partial charge in [0, 0.05) is 16.6 Å². The van der Waals surface area contributed by atoms with E-state index in [1.807, 2.05) is 0 Å². The Balaban J connectivity index is 2.27. The molecule has 1 aliphatic rings. The molecule has 82 valence electrons. The first-order chi connectivity index (χ1) is 7.09. The Hall–Kier alpha value is -0.800. The molecule has 3 N–H and O–H groups in total. The Morgan fingerprint density at radius 2 is 2.20 bits per heavy atom. The lowest BCUT2D eigenvalue weighted by Crippen LogP contribution is -2.12. The largest absolute Gasteiger partial charge is 0.505 e. The molecule has 4 heteroatoms. The second-order valence-corrected chi connectivity index (χ2v) is 4.48. The summed E-state index contributed by atoms with van der Waals surface area (Å²) in [6.07, 6.45) is 3.10. The maximum absolute atomic E-state index is 13.1. The van der Waals surface area contributed by atoms with Crippen LogP contribution in [0.25, 0.3) is 0 Å². The Morgan fingerprint density at radius 3 is 2.80 bits per heavy atom. The van der Waals surface area contributed by atoms with Crippen LogP contribution in [0.2, 0.25) is 5.02 Å². The van der Waals surface area contributed by atoms with E-state index in [1.54, 1.807) is 0 Å². The van der Waals surface area contributed by atoms with Crippen molar-refractivity contribution in [3.8, 4) is 5.75 Å². The lowest BCUT2D eigenvalue weighted by atomic mass is 10.0. The normalized spacial score (nSPS) is 17.8. The van der Waals surface area contributed by atoms with Gasteiger partial charge in [-0.25, -0.2) is 4.39 Å². The van der Waals surface area contributed by atoms with Gasteiger partial charge in [0.2, 0.25) is 0 Å². The van der Waals surface area contributed by atoms with Crippen molar-refractivity contribution in [2.45, 2.75) is 25.3 Å². The summed E-state index contributed by atoms with van der Waals surface area (Å²) in [4.78, 5) is 0. The van der Waals surface area contributed by atoms with E-state index >= 15 is 0 Å². The van der Waals surface area contributed by atoms with Gasteiger partial charge >= 0.3 is 0 Å². The van der Waals surface area contributed by atoms with Gasteiger partial charge in [0.25, 0.3) is 0 Å². The van der Waals surface area contributed by atoms with Crippen molar-refractivity contribution in [3.63, 3.8) is 0 Å². The Labute approximate surface area is 92.9 Å². The highest BCUT2D eigenvalue weighted by Gasteiger charge is 2.27. The van der Waals surface area contributed by atoms with Crippen LogP contribution in [0.1, 0.15) is 30.9 Å². The van der Waals surface area contributed by atoms with E-state index in [9.17, 15) is 9.50 Å². The monoisotopic (exact) mass is 229 g/mol. The van der Waals surface area contributed by atoms with Crippen molar-refractivity contribution in [2.75, 3.05) is 0 Å². The van der Waals surface area contributed by atoms with Crippen molar-refractivity contribution in [1.82, 2.24) is 0 Å². The molecule has 1 aliphatic carbocycles. The van der Waals surface area contributed by atoms with Gasteiger partial charge in [-0.2, -0.15) is 0 Å². The maximum atomic E-state index is 13.1. The fourth-order valence-electron chi connectivity index (χ4n) is 1.74. The van der Waals surface area contributed by atoms with Gasteiger partial charge in [-0.05, 0) is 24.5 Å². The van der Waals surface area contributed by atoms with Crippen LogP contribution in [0.4, 0.5) is 4.39 Å². The van der Waals surface area contributed by atoms with Gasteiger partial charge in [0.05, 0.1) is 0 Å². The number of nitrogens with two attached hydrogens (primary N) is 1. The molecule has 0 heterocycles. The average molecular weight is 230 g/mol. The molecule has 0 amide bonds. The minimum absolute atomic E-state index is 0.335. The molecule has 0 aromatic heterocycles. The van der Waals surface area contributed by atoms with Crippen LogP contribution >= 0.6 is 11.6 Å². The molecule has 1 aromatic carbocycles. The summed E-state index contributed by atoms with van der Waals surface area (Å²) >= 11 is 5.89. The number of hydrogen-bond donors (Lipinski definition) is 2. The predicted octanol–water partition coefficient (Wildman–Crippen LogP) is 2.98. The topological polar surface area (TPSA) is 46.2 Å². The average Bonchev–Trinajstić information content (AvgIpc) is 2.96. The smallest absolute Gasteiger partial charge is 0.165 e. The molecular formula is C11H13ClFNO. The highest BCUT2D eigenvalue weighted by molar-refractivity contribution is 6.31. The number of benzene rings is 1. The summed E-state index contributed by atoms with van der Waals surface area (Å²) in [6, 6.07) is 2.20. The van der Waals surface area contributed by atoms with Crippen LogP contribution < -0.4 is 5.73 Å². The second-order valence-electron chi connectivity index (χ2n) is 4.08. The Morgan fingerprint density at radius 1 is 1.53 bits per heavy atom. The summed E-state index contributed by atoms with van der Waals surface area (Å²) in [5.41, 5.74) is 6.23. The summed E-state index contributed by atoms with van der Waals surface area (Å²) < 4.78 is 13.1. The minimum atomic E-state index is -0.666. The van der Waals surface area contributed by atoms with Crippen LogP contribution in [-0.4, -0.2) is 5.11 Å². The zero-order valence-corrected chi connectivity index (χ0v) is 8.97. The number of hydrogen-bond acceptors (Lipinski definition) is 2. The van der Waals surface area contributed by atoms with E-state index in [-0.39, 0.29) is 6.04 Å². The molecule has 1 atom stereocenters. The highest BCUT2D eigenvalue weighted by atomic mass is 35.5. The zero-order chi connectivity index (χ0) is 11.0. The van der Waals surface area contributed by atoms with Gasteiger partial charge < -0.3 is 10.8 Å². The fraction of sp³-hybridized carbons (Fsp3) is 0.455. The molecule has 1 fully saturated rings. The van der Waals surface area contributed by atoms with Crippen LogP contribution in [0.3, 0.4) is 0 Å². The van der Waals surface area contributed by atoms with Crippen LogP contribution in [0, 0.1) is 11.7 Å². The molecule has 2 nitrogen and oxygen atoms in total. The van der Waals surface area contributed by atoms with Gasteiger partial charge in [0.1, 0.15) is 0 Å². The number of halogens is 2. The van der Waals surface area contributed by atoms with Crippen molar-refractivity contribution in [3.05, 3.63) is 28.5 Å². The summed E-state index contributed by atoms with van der Waals surface area (Å²) in [5, 5.41) is 9.88. The van der Waals surface area contributed by atoms with Crippen LogP contribution in [0.5, 0.6) is 5.75 Å². The van der Waals surface area contributed by atoms with Crippen molar-refractivity contribution in [2.24, 2.45) is 11.7 Å². The number of rotatable bonds is 3. The van der Waals surface area contributed by atoms with Crippen molar-refractivity contribution < 1.29 is 9.50 Å². The first kappa shape index (κ1) is 10.7. The highest BCUT2D eigenvalue weighted by Crippen LogP contribution is 2.41. The molecule has 0 saturated heterocycles. The summed E-state index contributed by atoms with van der Waals surface area (Å²) in [6.45, 7) is 0. The van der Waals surface area contributed by atoms with E-state index in [1.165, 1.54) is 18.9 Å². The molecule has 15 heavy (non-hydrogen) atoms. The number of phenols is 1. The van der Waals surface area contributed by atoms with Crippen LogP contribution in [-0.2, 0) is 0 Å². The summed E-state index contributed by atoms with van der Waals surface area (Å²) in [7, 11) is 0. The number of phenolic OH excluding ortho intramolecular Hbond substituents is 1. The molecular weight excluding hydrogens is 217 g/mol. The Bertz CT molecular complexity index is 379. The van der Waals surface area contributed by atoms with Gasteiger partial charge in [-0.1, -0.05) is 24.4 Å². The zero-order valence-electron chi connectivity index (χ0n) is 8.21. The van der Waals surface area contributed by atoms with Gasteiger partial charge in [-0.3, -0.25) is 0 Å². The Kier molecular flexibility index (Phi) is 2.85. The molecule has 0 bridgehead atoms. The van der Waals surface area contributed by atoms with Gasteiger partial charge in [0.15, 0.2) is 11.6 Å². The molecule has 0 spiro atoms. The van der Waals surface area contributed by atoms with E-state index in [0.29, 0.717) is 16.5 Å². The molecule has 0 radical (unpaired) electrons. The lowest BCUT2D eigenvalue weighted by Gasteiger charge is -2.15. The third-order valence-electron chi connectivity index (χ3n) is 2.77. The molecule has 2 rings (SSSR count). The molecule has 0 aliphatic heterocycles. The summed E-state index contributed by atoms with van der Waals surface area (Å²) in [5.74, 6) is -0.463. The van der Waals surface area contributed by atoms with Gasteiger partial charge in [-0.15, -0.1) is 0 Å². The van der Waals surface area contributed by atoms with E-state index in [2.05, 4.69) is 0 Å². The predicted molar refractivity (Wildman–Crippen MR) is 57.3 cm³/mol.